The van der Waals surface area contributed by atoms with E-state index in [-0.39, 0.29) is 11.8 Å². The number of nitrogens with zero attached hydrogens (tertiary/aromatic N) is 1. The zero-order valence-electron chi connectivity index (χ0n) is 12.9. The second-order valence-corrected chi connectivity index (χ2v) is 6.87. The Balaban J connectivity index is 1.69. The predicted molar refractivity (Wildman–Crippen MR) is 82.1 cm³/mol. The molecular weight excluding hydrogens is 266 g/mol. The van der Waals surface area contributed by atoms with E-state index in [0.717, 1.165) is 18.7 Å². The van der Waals surface area contributed by atoms with Crippen LogP contribution in [-0.4, -0.2) is 35.3 Å². The topological polar surface area (TPSA) is 53.6 Å². The van der Waals surface area contributed by atoms with Crippen LogP contribution in [-0.2, 0) is 11.3 Å². The van der Waals surface area contributed by atoms with Crippen molar-refractivity contribution in [2.24, 2.45) is 0 Å². The van der Waals surface area contributed by atoms with Crippen molar-refractivity contribution in [1.82, 2.24) is 10.2 Å². The van der Waals surface area contributed by atoms with Crippen molar-refractivity contribution in [1.29, 1.82) is 0 Å². The van der Waals surface area contributed by atoms with Gasteiger partial charge in [0.05, 0.1) is 6.54 Å². The molecule has 2 aliphatic rings. The van der Waals surface area contributed by atoms with Crippen molar-refractivity contribution < 1.29 is 9.53 Å². The van der Waals surface area contributed by atoms with Gasteiger partial charge in [-0.3, -0.25) is 5.32 Å². The number of carbonyl (C=O) groups is 1. The largest absolute Gasteiger partial charge is 0.444 e. The average molecular weight is 289 g/mol. The highest BCUT2D eigenvalue weighted by molar-refractivity contribution is 5.69. The minimum absolute atomic E-state index is 0.231. The Bertz CT molecular complexity index is 553. The number of likely N-dealkylation sites (tertiary alicyclic amines) is 1. The summed E-state index contributed by atoms with van der Waals surface area (Å²) in [4.78, 5) is 14.0. The van der Waals surface area contributed by atoms with E-state index in [0.29, 0.717) is 13.1 Å². The number of ether oxygens (including phenoxy) is 1. The van der Waals surface area contributed by atoms with E-state index in [4.69, 9.17) is 4.74 Å². The summed E-state index contributed by atoms with van der Waals surface area (Å²) in [6.07, 6.45) is 0.641. The molecule has 0 bridgehead atoms. The van der Waals surface area contributed by atoms with Crippen molar-refractivity contribution in [3.63, 3.8) is 0 Å². The molecular formula is C16H23N3O2. The fraction of sp³-hybridized carbons (Fsp3) is 0.562. The lowest BCUT2D eigenvalue weighted by Gasteiger charge is -2.38. The molecule has 1 amide bonds. The number of hydrogen-bond donors (Lipinski definition) is 2. The van der Waals surface area contributed by atoms with Gasteiger partial charge < -0.3 is 15.0 Å². The molecule has 5 nitrogen and oxygen atoms in total. The molecule has 21 heavy (non-hydrogen) atoms. The number of carbonyl (C=O) groups excluding carboxylic acids is 1. The zero-order chi connectivity index (χ0) is 15.1. The molecule has 3 rings (SSSR count). The first-order chi connectivity index (χ1) is 9.87. The van der Waals surface area contributed by atoms with Crippen molar-refractivity contribution in [2.45, 2.75) is 45.0 Å². The van der Waals surface area contributed by atoms with Crippen molar-refractivity contribution in [3.05, 3.63) is 29.8 Å². The van der Waals surface area contributed by atoms with Gasteiger partial charge in [-0.15, -0.1) is 0 Å². The molecule has 0 radical (unpaired) electrons. The molecule has 1 saturated heterocycles. The second kappa shape index (κ2) is 4.91. The Labute approximate surface area is 125 Å². The molecule has 1 atom stereocenters. The predicted octanol–water partition coefficient (Wildman–Crippen LogP) is 2.54. The summed E-state index contributed by atoms with van der Waals surface area (Å²) < 4.78 is 5.46. The number of para-hydroxylation sites is 1. The average Bonchev–Trinajstić information content (AvgIpc) is 2.81. The van der Waals surface area contributed by atoms with E-state index in [9.17, 15) is 4.79 Å². The van der Waals surface area contributed by atoms with Crippen LogP contribution in [0.1, 0.15) is 32.8 Å². The zero-order valence-corrected chi connectivity index (χ0v) is 12.9. The number of rotatable bonds is 0. The maximum Gasteiger partial charge on any atom is 0.410 e. The number of nitrogens with one attached hydrogen (secondary N) is 2. The maximum atomic E-state index is 12.2. The van der Waals surface area contributed by atoms with Gasteiger partial charge in [0.15, 0.2) is 0 Å². The molecule has 0 saturated carbocycles. The monoisotopic (exact) mass is 289 g/mol. The molecule has 0 aromatic heterocycles. The van der Waals surface area contributed by atoms with Crippen LogP contribution in [0.3, 0.4) is 0 Å². The van der Waals surface area contributed by atoms with Crippen LogP contribution in [0.15, 0.2) is 24.3 Å². The fourth-order valence-corrected chi connectivity index (χ4v) is 2.90. The minimum atomic E-state index is -0.452. The molecule has 1 spiro atoms. The van der Waals surface area contributed by atoms with Gasteiger partial charge in [-0.1, -0.05) is 18.2 Å². The number of anilines is 1. The second-order valence-electron chi connectivity index (χ2n) is 6.87. The molecule has 2 aliphatic heterocycles. The summed E-state index contributed by atoms with van der Waals surface area (Å²) in [7, 11) is 0. The Hall–Kier alpha value is -1.75. The molecule has 1 fully saturated rings. The van der Waals surface area contributed by atoms with Crippen LogP contribution in [0.5, 0.6) is 0 Å². The molecule has 0 aliphatic carbocycles. The van der Waals surface area contributed by atoms with Crippen LogP contribution in [0.25, 0.3) is 0 Å². The summed E-state index contributed by atoms with van der Waals surface area (Å²) in [5, 5.41) is 7.10. The quantitative estimate of drug-likeness (QED) is 0.770. The fourth-order valence-electron chi connectivity index (χ4n) is 2.90. The van der Waals surface area contributed by atoms with Gasteiger partial charge in [-0.05, 0) is 32.4 Å². The summed E-state index contributed by atoms with van der Waals surface area (Å²) in [5.74, 6) is 0. The first-order valence-electron chi connectivity index (χ1n) is 7.46. The lowest BCUT2D eigenvalue weighted by molar-refractivity contribution is 0.0283. The normalized spacial score (nSPS) is 24.6. The van der Waals surface area contributed by atoms with Crippen molar-refractivity contribution >= 4 is 11.8 Å². The van der Waals surface area contributed by atoms with Gasteiger partial charge in [0.1, 0.15) is 11.3 Å². The molecule has 1 aromatic carbocycles. The van der Waals surface area contributed by atoms with E-state index >= 15 is 0 Å². The Morgan fingerprint density at radius 2 is 2.10 bits per heavy atom. The summed E-state index contributed by atoms with van der Waals surface area (Å²) in [5.41, 5.74) is 1.74. The van der Waals surface area contributed by atoms with Gasteiger partial charge >= 0.3 is 6.09 Å². The van der Waals surface area contributed by atoms with Gasteiger partial charge in [-0.2, -0.15) is 0 Å². The lowest BCUT2D eigenvalue weighted by atomic mass is 10.0. The third-order valence-corrected chi connectivity index (χ3v) is 3.93. The standard InChI is InChI=1S/C16H23N3O2/c1-15(2,3)21-14(20)19-9-8-16(11-19)17-10-12-6-4-5-7-13(12)18-16/h4-7,17-18H,8-11H2,1-3H3/t16-/m0/s1. The molecule has 2 N–H and O–H groups in total. The van der Waals surface area contributed by atoms with Gasteiger partial charge in [0.2, 0.25) is 0 Å². The van der Waals surface area contributed by atoms with Gasteiger partial charge in [0, 0.05) is 25.2 Å². The van der Waals surface area contributed by atoms with Crippen LogP contribution in [0, 0.1) is 0 Å². The molecule has 2 heterocycles. The Morgan fingerprint density at radius 1 is 1.33 bits per heavy atom. The van der Waals surface area contributed by atoms with Crippen molar-refractivity contribution in [3.8, 4) is 0 Å². The van der Waals surface area contributed by atoms with Crippen LogP contribution in [0.4, 0.5) is 10.5 Å². The first-order valence-corrected chi connectivity index (χ1v) is 7.46. The molecule has 1 aromatic rings. The van der Waals surface area contributed by atoms with E-state index in [1.807, 2.05) is 32.9 Å². The highest BCUT2D eigenvalue weighted by Gasteiger charge is 2.42. The number of fused-ring (bicyclic) bond motifs is 1. The maximum absolute atomic E-state index is 12.2. The summed E-state index contributed by atoms with van der Waals surface area (Å²) in [6.45, 7) is 7.83. The Kier molecular flexibility index (Phi) is 3.32. The van der Waals surface area contributed by atoms with Gasteiger partial charge in [-0.25, -0.2) is 4.79 Å². The number of hydrogen-bond acceptors (Lipinski definition) is 4. The van der Waals surface area contributed by atoms with Crippen LogP contribution >= 0.6 is 0 Å². The van der Waals surface area contributed by atoms with Crippen molar-refractivity contribution in [2.75, 3.05) is 18.4 Å². The van der Waals surface area contributed by atoms with Crippen LogP contribution in [0.2, 0.25) is 0 Å². The van der Waals surface area contributed by atoms with E-state index in [1.54, 1.807) is 4.90 Å². The molecule has 114 valence electrons. The smallest absolute Gasteiger partial charge is 0.410 e. The van der Waals surface area contributed by atoms with E-state index < -0.39 is 5.60 Å². The highest BCUT2D eigenvalue weighted by atomic mass is 16.6. The van der Waals surface area contributed by atoms with Crippen LogP contribution < -0.4 is 10.6 Å². The van der Waals surface area contributed by atoms with E-state index in [1.165, 1.54) is 5.56 Å². The third kappa shape index (κ3) is 2.97. The SMILES string of the molecule is CC(C)(C)OC(=O)N1CC[C@]2(C1)NCc1ccccc1N2. The van der Waals surface area contributed by atoms with E-state index in [2.05, 4.69) is 22.8 Å². The van der Waals surface area contributed by atoms with Gasteiger partial charge in [0.25, 0.3) is 0 Å². The third-order valence-electron chi connectivity index (χ3n) is 3.93. The molecule has 5 heteroatoms. The Morgan fingerprint density at radius 3 is 2.86 bits per heavy atom. The minimum Gasteiger partial charge on any atom is -0.444 e. The highest BCUT2D eigenvalue weighted by Crippen LogP contribution is 2.31. The summed E-state index contributed by atoms with van der Waals surface area (Å²) >= 11 is 0. The molecule has 0 unspecified atom stereocenters. The number of amides is 1. The number of benzene rings is 1. The first kappa shape index (κ1) is 14.2. The summed E-state index contributed by atoms with van der Waals surface area (Å²) in [6, 6.07) is 8.28. The lowest BCUT2D eigenvalue weighted by Crippen LogP contribution is -2.56.